The predicted octanol–water partition coefficient (Wildman–Crippen LogP) is 4.02. The van der Waals surface area contributed by atoms with E-state index in [4.69, 9.17) is 11.6 Å². The van der Waals surface area contributed by atoms with E-state index in [9.17, 15) is 4.79 Å². The SMILES string of the molecule is O=C(NCCC1CCC1)c1cccc(Br)c1Cl. The van der Waals surface area contributed by atoms with Gasteiger partial charge in [-0.3, -0.25) is 4.79 Å². The van der Waals surface area contributed by atoms with E-state index in [1.807, 2.05) is 12.1 Å². The van der Waals surface area contributed by atoms with Gasteiger partial charge in [0.25, 0.3) is 5.91 Å². The van der Waals surface area contributed by atoms with E-state index in [1.165, 1.54) is 19.3 Å². The van der Waals surface area contributed by atoms with Gasteiger partial charge in [-0.1, -0.05) is 36.9 Å². The average molecular weight is 317 g/mol. The first kappa shape index (κ1) is 12.9. The highest BCUT2D eigenvalue weighted by Crippen LogP contribution is 2.29. The molecule has 1 fully saturated rings. The molecule has 2 rings (SSSR count). The van der Waals surface area contributed by atoms with Crippen LogP contribution in [0.2, 0.25) is 5.02 Å². The van der Waals surface area contributed by atoms with Crippen LogP contribution in [0.15, 0.2) is 22.7 Å². The number of carbonyl (C=O) groups is 1. The van der Waals surface area contributed by atoms with Crippen LogP contribution in [-0.4, -0.2) is 12.5 Å². The Morgan fingerprint density at radius 2 is 2.24 bits per heavy atom. The van der Waals surface area contributed by atoms with Gasteiger partial charge in [0.2, 0.25) is 0 Å². The first-order chi connectivity index (χ1) is 8.18. The lowest BCUT2D eigenvalue weighted by atomic mass is 9.83. The number of hydrogen-bond donors (Lipinski definition) is 1. The molecule has 2 nitrogen and oxygen atoms in total. The van der Waals surface area contributed by atoms with Gasteiger partial charge in [0, 0.05) is 11.0 Å². The molecule has 1 N–H and O–H groups in total. The predicted molar refractivity (Wildman–Crippen MR) is 73.4 cm³/mol. The largest absolute Gasteiger partial charge is 0.352 e. The lowest BCUT2D eigenvalue weighted by molar-refractivity contribution is 0.0949. The van der Waals surface area contributed by atoms with Gasteiger partial charge >= 0.3 is 0 Å². The van der Waals surface area contributed by atoms with Crippen LogP contribution >= 0.6 is 27.5 Å². The molecule has 0 bridgehead atoms. The molecule has 0 radical (unpaired) electrons. The van der Waals surface area contributed by atoms with Gasteiger partial charge in [-0.15, -0.1) is 0 Å². The summed E-state index contributed by atoms with van der Waals surface area (Å²) in [7, 11) is 0. The van der Waals surface area contributed by atoms with E-state index in [1.54, 1.807) is 6.07 Å². The second-order valence-electron chi connectivity index (χ2n) is 4.44. The van der Waals surface area contributed by atoms with Crippen molar-refractivity contribution in [1.29, 1.82) is 0 Å². The van der Waals surface area contributed by atoms with Gasteiger partial charge in [0.15, 0.2) is 0 Å². The fourth-order valence-electron chi connectivity index (χ4n) is 1.95. The molecule has 1 aliphatic rings. The fourth-order valence-corrected chi connectivity index (χ4v) is 2.52. The smallest absolute Gasteiger partial charge is 0.252 e. The zero-order valence-corrected chi connectivity index (χ0v) is 11.9. The maximum Gasteiger partial charge on any atom is 0.252 e. The highest BCUT2D eigenvalue weighted by atomic mass is 79.9. The van der Waals surface area contributed by atoms with E-state index in [-0.39, 0.29) is 5.91 Å². The Morgan fingerprint density at radius 3 is 2.88 bits per heavy atom. The monoisotopic (exact) mass is 315 g/mol. The first-order valence-corrected chi connectivity index (χ1v) is 7.08. The highest BCUT2D eigenvalue weighted by Gasteiger charge is 2.17. The van der Waals surface area contributed by atoms with Gasteiger partial charge in [0.05, 0.1) is 10.6 Å². The zero-order chi connectivity index (χ0) is 12.3. The molecule has 1 aromatic carbocycles. The van der Waals surface area contributed by atoms with Crippen molar-refractivity contribution in [2.75, 3.05) is 6.54 Å². The van der Waals surface area contributed by atoms with Gasteiger partial charge in [-0.2, -0.15) is 0 Å². The summed E-state index contributed by atoms with van der Waals surface area (Å²) in [4.78, 5) is 11.9. The molecule has 0 heterocycles. The lowest BCUT2D eigenvalue weighted by Gasteiger charge is -2.25. The van der Waals surface area contributed by atoms with Crippen LogP contribution < -0.4 is 5.32 Å². The van der Waals surface area contributed by atoms with Crippen molar-refractivity contribution in [2.24, 2.45) is 5.92 Å². The molecule has 1 aliphatic carbocycles. The van der Waals surface area contributed by atoms with Crippen molar-refractivity contribution >= 4 is 33.4 Å². The highest BCUT2D eigenvalue weighted by molar-refractivity contribution is 9.10. The van der Waals surface area contributed by atoms with E-state index < -0.39 is 0 Å². The van der Waals surface area contributed by atoms with Crippen molar-refractivity contribution in [3.8, 4) is 0 Å². The Kier molecular flexibility index (Phi) is 4.46. The second-order valence-corrected chi connectivity index (χ2v) is 5.68. The quantitative estimate of drug-likeness (QED) is 0.893. The minimum atomic E-state index is -0.0874. The van der Waals surface area contributed by atoms with Crippen LogP contribution in [0.1, 0.15) is 36.0 Å². The van der Waals surface area contributed by atoms with Crippen LogP contribution in [0, 0.1) is 5.92 Å². The summed E-state index contributed by atoms with van der Waals surface area (Å²) in [6.07, 6.45) is 5.05. The van der Waals surface area contributed by atoms with Gasteiger partial charge in [-0.05, 0) is 40.4 Å². The average Bonchev–Trinajstić information content (AvgIpc) is 2.25. The number of nitrogens with one attached hydrogen (secondary N) is 1. The van der Waals surface area contributed by atoms with Crippen molar-refractivity contribution in [2.45, 2.75) is 25.7 Å². The van der Waals surface area contributed by atoms with E-state index in [0.717, 1.165) is 23.4 Å². The molecular weight excluding hydrogens is 302 g/mol. The van der Waals surface area contributed by atoms with Gasteiger partial charge < -0.3 is 5.32 Å². The first-order valence-electron chi connectivity index (χ1n) is 5.90. The maximum absolute atomic E-state index is 11.9. The van der Waals surface area contributed by atoms with Crippen molar-refractivity contribution in [3.63, 3.8) is 0 Å². The number of rotatable bonds is 4. The third-order valence-electron chi connectivity index (χ3n) is 3.26. The Hall–Kier alpha value is -0.540. The molecule has 1 aromatic rings. The summed E-state index contributed by atoms with van der Waals surface area (Å²) < 4.78 is 0.755. The maximum atomic E-state index is 11.9. The summed E-state index contributed by atoms with van der Waals surface area (Å²) in [5.41, 5.74) is 0.537. The summed E-state index contributed by atoms with van der Waals surface area (Å²) in [5.74, 6) is 0.726. The molecular formula is C13H15BrClNO. The van der Waals surface area contributed by atoms with Crippen molar-refractivity contribution < 1.29 is 4.79 Å². The Morgan fingerprint density at radius 1 is 1.47 bits per heavy atom. The molecule has 4 heteroatoms. The summed E-state index contributed by atoms with van der Waals surface area (Å²) in [5, 5.41) is 3.40. The molecule has 1 amide bonds. The number of hydrogen-bond acceptors (Lipinski definition) is 1. The summed E-state index contributed by atoms with van der Waals surface area (Å²) in [6, 6.07) is 5.38. The molecule has 0 spiro atoms. The van der Waals surface area contributed by atoms with Crippen LogP contribution in [0.25, 0.3) is 0 Å². The topological polar surface area (TPSA) is 29.1 Å². The standard InChI is InChI=1S/C13H15BrClNO/c14-11-6-2-5-10(12(11)15)13(17)16-8-7-9-3-1-4-9/h2,5-6,9H,1,3-4,7-8H2,(H,16,17). The van der Waals surface area contributed by atoms with Crippen molar-refractivity contribution in [3.05, 3.63) is 33.3 Å². The number of carbonyl (C=O) groups excluding carboxylic acids is 1. The van der Waals surface area contributed by atoms with E-state index in [0.29, 0.717) is 10.6 Å². The second kappa shape index (κ2) is 5.87. The normalized spacial score (nSPS) is 15.4. The number of halogens is 2. The third-order valence-corrected chi connectivity index (χ3v) is 4.56. The zero-order valence-electron chi connectivity index (χ0n) is 9.51. The third kappa shape index (κ3) is 3.23. The Bertz CT molecular complexity index is 418. The molecule has 1 saturated carbocycles. The number of benzene rings is 1. The van der Waals surface area contributed by atoms with E-state index in [2.05, 4.69) is 21.2 Å². The Balaban J connectivity index is 1.87. The lowest BCUT2D eigenvalue weighted by Crippen LogP contribution is -2.27. The van der Waals surface area contributed by atoms with Gasteiger partial charge in [0.1, 0.15) is 0 Å². The summed E-state index contributed by atoms with van der Waals surface area (Å²) in [6.45, 7) is 0.742. The van der Waals surface area contributed by atoms with Crippen LogP contribution in [0.3, 0.4) is 0 Å². The molecule has 17 heavy (non-hydrogen) atoms. The molecule has 0 aromatic heterocycles. The van der Waals surface area contributed by atoms with E-state index >= 15 is 0 Å². The minimum absolute atomic E-state index is 0.0874. The molecule has 0 aliphatic heterocycles. The van der Waals surface area contributed by atoms with Crippen LogP contribution in [0.4, 0.5) is 0 Å². The van der Waals surface area contributed by atoms with Crippen LogP contribution in [-0.2, 0) is 0 Å². The van der Waals surface area contributed by atoms with Crippen molar-refractivity contribution in [1.82, 2.24) is 5.32 Å². The number of amides is 1. The molecule has 0 saturated heterocycles. The molecule has 0 unspecified atom stereocenters. The molecule has 92 valence electrons. The summed E-state index contributed by atoms with van der Waals surface area (Å²) >= 11 is 9.37. The fraction of sp³-hybridized carbons (Fsp3) is 0.462. The molecule has 0 atom stereocenters. The van der Waals surface area contributed by atoms with Crippen LogP contribution in [0.5, 0.6) is 0 Å². The van der Waals surface area contributed by atoms with Gasteiger partial charge in [-0.25, -0.2) is 0 Å². The minimum Gasteiger partial charge on any atom is -0.352 e. The Labute approximate surface area is 115 Å².